The molecule has 2 aromatic rings. The molecule has 0 saturated heterocycles. The molecular weight excluding hydrogens is 324 g/mol. The summed E-state index contributed by atoms with van der Waals surface area (Å²) in [6.45, 7) is 1.31. The van der Waals surface area contributed by atoms with Gasteiger partial charge in [-0.1, -0.05) is 12.1 Å². The third-order valence-electron chi connectivity index (χ3n) is 3.14. The third-order valence-corrected chi connectivity index (χ3v) is 3.14. The van der Waals surface area contributed by atoms with Crippen molar-refractivity contribution in [2.45, 2.75) is 6.10 Å². The van der Waals surface area contributed by atoms with Gasteiger partial charge < -0.3 is 25.3 Å². The predicted molar refractivity (Wildman–Crippen MR) is 90.9 cm³/mol. The number of aliphatic hydroxyl groups is 1. The fourth-order valence-corrected chi connectivity index (χ4v) is 1.90. The Morgan fingerprint density at radius 2 is 2.04 bits per heavy atom. The van der Waals surface area contributed by atoms with Gasteiger partial charge in [-0.05, 0) is 18.2 Å². The van der Waals surface area contributed by atoms with Crippen LogP contribution in [0.3, 0.4) is 0 Å². The average Bonchev–Trinajstić information content (AvgIpc) is 2.66. The molecular formula is C16H20N6O3. The Bertz CT molecular complexity index is 689. The zero-order valence-corrected chi connectivity index (χ0v) is 13.6. The number of hydrazine groups is 1. The van der Waals surface area contributed by atoms with Crippen molar-refractivity contribution in [1.29, 1.82) is 5.26 Å². The fraction of sp³-hybridized carbons (Fsp3) is 0.312. The minimum absolute atomic E-state index is 0.0889. The molecule has 1 unspecified atom stereocenters. The Morgan fingerprint density at radius 1 is 1.20 bits per heavy atom. The second-order valence-electron chi connectivity index (χ2n) is 5.03. The summed E-state index contributed by atoms with van der Waals surface area (Å²) in [5, 5.41) is 29.5. The maximum absolute atomic E-state index is 9.90. The van der Waals surface area contributed by atoms with E-state index in [2.05, 4.69) is 20.9 Å². The van der Waals surface area contributed by atoms with Crippen molar-refractivity contribution in [2.75, 3.05) is 31.7 Å². The van der Waals surface area contributed by atoms with Gasteiger partial charge in [0.25, 0.3) is 0 Å². The molecule has 0 saturated carbocycles. The molecule has 1 atom stereocenters. The molecule has 132 valence electrons. The zero-order valence-electron chi connectivity index (χ0n) is 13.6. The maximum Gasteiger partial charge on any atom is 0.233 e. The van der Waals surface area contributed by atoms with Crippen LogP contribution in [0.2, 0.25) is 0 Å². The van der Waals surface area contributed by atoms with E-state index in [1.165, 1.54) is 0 Å². The van der Waals surface area contributed by atoms with E-state index >= 15 is 0 Å². The van der Waals surface area contributed by atoms with Gasteiger partial charge in [-0.15, -0.1) is 10.2 Å². The van der Waals surface area contributed by atoms with Gasteiger partial charge in [-0.3, -0.25) is 0 Å². The van der Waals surface area contributed by atoms with Crippen molar-refractivity contribution in [3.8, 4) is 17.7 Å². The van der Waals surface area contributed by atoms with Gasteiger partial charge in [0, 0.05) is 19.2 Å². The highest BCUT2D eigenvalue weighted by Crippen LogP contribution is 2.16. The summed E-state index contributed by atoms with van der Waals surface area (Å²) in [6, 6.07) is 12.2. The highest BCUT2D eigenvalue weighted by Gasteiger charge is 2.07. The molecule has 1 aromatic carbocycles. The van der Waals surface area contributed by atoms with Crippen LogP contribution in [0.4, 0.5) is 5.82 Å². The van der Waals surface area contributed by atoms with Crippen molar-refractivity contribution in [1.82, 2.24) is 15.5 Å². The lowest BCUT2D eigenvalue weighted by atomic mass is 10.2. The minimum atomic E-state index is -0.707. The molecule has 0 aliphatic heterocycles. The normalized spacial score (nSPS) is 11.4. The largest absolute Gasteiger partial charge is 0.489 e. The van der Waals surface area contributed by atoms with Crippen LogP contribution in [-0.4, -0.2) is 47.7 Å². The number of hydrogen-bond acceptors (Lipinski definition) is 9. The summed E-state index contributed by atoms with van der Waals surface area (Å²) < 4.78 is 10.9. The SMILES string of the molecule is N#Cc1ccccc1OCC(O)CNCCOc1ccc(NN)nn1. The number of nitrogens with zero attached hydrogens (tertiary/aromatic N) is 3. The first-order valence-corrected chi connectivity index (χ1v) is 7.66. The second kappa shape index (κ2) is 10.0. The van der Waals surface area contributed by atoms with Crippen molar-refractivity contribution >= 4 is 5.82 Å². The topological polar surface area (TPSA) is 138 Å². The third kappa shape index (κ3) is 6.23. The molecule has 0 bridgehead atoms. The number of rotatable bonds is 10. The number of aliphatic hydroxyl groups excluding tert-OH is 1. The van der Waals surface area contributed by atoms with Crippen LogP contribution in [0, 0.1) is 11.3 Å². The number of nitrogens with two attached hydrogens (primary N) is 1. The number of nitriles is 1. The first-order chi connectivity index (χ1) is 12.2. The first kappa shape index (κ1) is 18.4. The van der Waals surface area contributed by atoms with Crippen LogP contribution in [-0.2, 0) is 0 Å². The van der Waals surface area contributed by atoms with Gasteiger partial charge >= 0.3 is 0 Å². The molecule has 1 aromatic heterocycles. The Balaban J connectivity index is 1.60. The van der Waals surface area contributed by atoms with Crippen LogP contribution >= 0.6 is 0 Å². The number of benzene rings is 1. The Hall–Kier alpha value is -2.93. The lowest BCUT2D eigenvalue weighted by molar-refractivity contribution is 0.105. The fourth-order valence-electron chi connectivity index (χ4n) is 1.90. The summed E-state index contributed by atoms with van der Waals surface area (Å²) in [4.78, 5) is 0. The smallest absolute Gasteiger partial charge is 0.233 e. The number of aromatic nitrogens is 2. The summed E-state index contributed by atoms with van der Waals surface area (Å²) in [6.07, 6.45) is -0.707. The number of nitrogens with one attached hydrogen (secondary N) is 2. The molecule has 25 heavy (non-hydrogen) atoms. The standard InChI is InChI=1S/C16H20N6O3/c17-9-12-3-1-2-4-14(12)25-11-13(23)10-19-7-8-24-16-6-5-15(20-18)21-22-16/h1-6,13,19,23H,7-8,10-11,18H2,(H,20,21). The first-order valence-electron chi connectivity index (χ1n) is 7.66. The Kier molecular flexibility index (Phi) is 7.40. The van der Waals surface area contributed by atoms with Crippen LogP contribution in [0.25, 0.3) is 0 Å². The quantitative estimate of drug-likeness (QED) is 0.267. The molecule has 9 nitrogen and oxygen atoms in total. The van der Waals surface area contributed by atoms with Crippen LogP contribution in [0.1, 0.15) is 5.56 Å². The monoisotopic (exact) mass is 344 g/mol. The summed E-state index contributed by atoms with van der Waals surface area (Å²) in [5.74, 6) is 6.49. The lowest BCUT2D eigenvalue weighted by Crippen LogP contribution is -2.33. The highest BCUT2D eigenvalue weighted by atomic mass is 16.5. The maximum atomic E-state index is 9.90. The van der Waals surface area contributed by atoms with E-state index in [1.54, 1.807) is 36.4 Å². The minimum Gasteiger partial charge on any atom is -0.489 e. The van der Waals surface area contributed by atoms with E-state index in [1.807, 2.05) is 6.07 Å². The van der Waals surface area contributed by atoms with Gasteiger partial charge in [0.1, 0.15) is 31.1 Å². The molecule has 0 aliphatic rings. The van der Waals surface area contributed by atoms with E-state index < -0.39 is 6.10 Å². The van der Waals surface area contributed by atoms with E-state index in [9.17, 15) is 5.11 Å². The second-order valence-corrected chi connectivity index (χ2v) is 5.03. The lowest BCUT2D eigenvalue weighted by Gasteiger charge is -2.14. The molecule has 0 amide bonds. The average molecular weight is 344 g/mol. The van der Waals surface area contributed by atoms with Crippen molar-refractivity contribution in [3.63, 3.8) is 0 Å². The number of nitrogen functional groups attached to an aromatic ring is 1. The molecule has 2 rings (SSSR count). The summed E-state index contributed by atoms with van der Waals surface area (Å²) in [7, 11) is 0. The van der Waals surface area contributed by atoms with Crippen LogP contribution in [0.5, 0.6) is 11.6 Å². The molecule has 1 heterocycles. The van der Waals surface area contributed by atoms with E-state index in [4.69, 9.17) is 20.6 Å². The molecule has 0 fully saturated rings. The van der Waals surface area contributed by atoms with Crippen molar-refractivity contribution < 1.29 is 14.6 Å². The van der Waals surface area contributed by atoms with Gasteiger partial charge in [0.05, 0.1) is 5.56 Å². The number of ether oxygens (including phenoxy) is 2. The van der Waals surface area contributed by atoms with Crippen LogP contribution < -0.4 is 26.1 Å². The molecule has 5 N–H and O–H groups in total. The van der Waals surface area contributed by atoms with Crippen LogP contribution in [0.15, 0.2) is 36.4 Å². The van der Waals surface area contributed by atoms with Gasteiger partial charge in [-0.25, -0.2) is 5.84 Å². The zero-order chi connectivity index (χ0) is 17.9. The summed E-state index contributed by atoms with van der Waals surface area (Å²) in [5.41, 5.74) is 2.81. The predicted octanol–water partition coefficient (Wildman–Crippen LogP) is 0.0422. The van der Waals surface area contributed by atoms with Gasteiger partial charge in [0.2, 0.25) is 5.88 Å². The molecule has 0 radical (unpaired) electrons. The summed E-state index contributed by atoms with van der Waals surface area (Å²) >= 11 is 0. The van der Waals surface area contributed by atoms with Gasteiger partial charge in [0.15, 0.2) is 5.82 Å². The number of anilines is 1. The van der Waals surface area contributed by atoms with Gasteiger partial charge in [-0.2, -0.15) is 5.26 Å². The van der Waals surface area contributed by atoms with E-state index in [0.29, 0.717) is 42.7 Å². The number of hydrogen-bond donors (Lipinski definition) is 4. The molecule has 9 heteroatoms. The van der Waals surface area contributed by atoms with E-state index in [-0.39, 0.29) is 6.61 Å². The number of para-hydroxylation sites is 1. The highest BCUT2D eigenvalue weighted by molar-refractivity contribution is 5.42. The van der Waals surface area contributed by atoms with E-state index in [0.717, 1.165) is 0 Å². The van der Waals surface area contributed by atoms with Crippen molar-refractivity contribution in [3.05, 3.63) is 42.0 Å². The Morgan fingerprint density at radius 3 is 2.76 bits per heavy atom. The molecule has 0 spiro atoms. The molecule has 0 aliphatic carbocycles. The van der Waals surface area contributed by atoms with Crippen molar-refractivity contribution in [2.24, 2.45) is 5.84 Å². The Labute approximate surface area is 145 Å².